The summed E-state index contributed by atoms with van der Waals surface area (Å²) >= 11 is 3.48. The SMILES string of the molecule is NCCc1cnc2c3ccc(Br)cc3ccn12. The molecule has 0 unspecified atom stereocenters. The summed E-state index contributed by atoms with van der Waals surface area (Å²) in [5.41, 5.74) is 7.75. The smallest absolute Gasteiger partial charge is 0.144 e. The Morgan fingerprint density at radius 2 is 2.18 bits per heavy atom. The predicted octanol–water partition coefficient (Wildman–Crippen LogP) is 2.75. The Morgan fingerprint density at radius 3 is 3.00 bits per heavy atom. The molecule has 0 fully saturated rings. The van der Waals surface area contributed by atoms with E-state index in [1.165, 1.54) is 10.8 Å². The van der Waals surface area contributed by atoms with E-state index in [0.717, 1.165) is 22.2 Å². The van der Waals surface area contributed by atoms with Crippen LogP contribution in [0.25, 0.3) is 16.4 Å². The van der Waals surface area contributed by atoms with E-state index in [9.17, 15) is 0 Å². The van der Waals surface area contributed by atoms with E-state index in [-0.39, 0.29) is 0 Å². The van der Waals surface area contributed by atoms with Crippen LogP contribution in [0.5, 0.6) is 0 Å². The van der Waals surface area contributed by atoms with Gasteiger partial charge in [-0.1, -0.05) is 15.9 Å². The lowest BCUT2D eigenvalue weighted by molar-refractivity contribution is 0.906. The van der Waals surface area contributed by atoms with Crippen molar-refractivity contribution < 1.29 is 0 Å². The van der Waals surface area contributed by atoms with Crippen molar-refractivity contribution in [3.63, 3.8) is 0 Å². The van der Waals surface area contributed by atoms with Gasteiger partial charge < -0.3 is 10.1 Å². The van der Waals surface area contributed by atoms with Gasteiger partial charge in [0.2, 0.25) is 0 Å². The minimum Gasteiger partial charge on any atom is -0.330 e. The lowest BCUT2D eigenvalue weighted by Gasteiger charge is -2.03. The second-order valence-electron chi connectivity index (χ2n) is 4.03. The Hall–Kier alpha value is -1.39. The Morgan fingerprint density at radius 1 is 1.29 bits per heavy atom. The average molecular weight is 290 g/mol. The summed E-state index contributed by atoms with van der Waals surface area (Å²) in [5, 5.41) is 2.36. The quantitative estimate of drug-likeness (QED) is 0.788. The Labute approximate surface area is 107 Å². The zero-order valence-corrected chi connectivity index (χ0v) is 10.8. The zero-order chi connectivity index (χ0) is 11.8. The summed E-state index contributed by atoms with van der Waals surface area (Å²) in [5.74, 6) is 0. The van der Waals surface area contributed by atoms with E-state index in [0.29, 0.717) is 6.54 Å². The zero-order valence-electron chi connectivity index (χ0n) is 9.23. The molecule has 3 nitrogen and oxygen atoms in total. The summed E-state index contributed by atoms with van der Waals surface area (Å²) in [7, 11) is 0. The fourth-order valence-corrected chi connectivity index (χ4v) is 2.50. The number of aromatic nitrogens is 2. The number of nitrogens with two attached hydrogens (primary N) is 1. The normalized spacial score (nSPS) is 11.4. The highest BCUT2D eigenvalue weighted by molar-refractivity contribution is 9.10. The van der Waals surface area contributed by atoms with Crippen LogP contribution in [0.4, 0.5) is 0 Å². The number of hydrogen-bond acceptors (Lipinski definition) is 2. The van der Waals surface area contributed by atoms with Gasteiger partial charge >= 0.3 is 0 Å². The van der Waals surface area contributed by atoms with E-state index in [1.54, 1.807) is 0 Å². The van der Waals surface area contributed by atoms with Crippen molar-refractivity contribution in [3.05, 3.63) is 46.8 Å². The highest BCUT2D eigenvalue weighted by Gasteiger charge is 2.06. The Bertz CT molecular complexity index is 688. The van der Waals surface area contributed by atoms with Gasteiger partial charge in [0.25, 0.3) is 0 Å². The van der Waals surface area contributed by atoms with Crippen molar-refractivity contribution in [1.29, 1.82) is 0 Å². The molecule has 1 aromatic carbocycles. The third kappa shape index (κ3) is 1.73. The topological polar surface area (TPSA) is 43.3 Å². The van der Waals surface area contributed by atoms with Gasteiger partial charge in [-0.15, -0.1) is 0 Å². The van der Waals surface area contributed by atoms with E-state index in [2.05, 4.69) is 49.7 Å². The number of imidazole rings is 1. The minimum atomic E-state index is 0.645. The van der Waals surface area contributed by atoms with Crippen molar-refractivity contribution in [2.75, 3.05) is 6.54 Å². The summed E-state index contributed by atoms with van der Waals surface area (Å²) in [4.78, 5) is 4.49. The van der Waals surface area contributed by atoms with E-state index < -0.39 is 0 Å². The van der Waals surface area contributed by atoms with Crippen LogP contribution in [0.1, 0.15) is 5.69 Å². The number of halogens is 1. The van der Waals surface area contributed by atoms with Crippen molar-refractivity contribution in [2.24, 2.45) is 5.73 Å². The number of hydrogen-bond donors (Lipinski definition) is 1. The van der Waals surface area contributed by atoms with Crippen LogP contribution in [-0.4, -0.2) is 15.9 Å². The first-order valence-electron chi connectivity index (χ1n) is 5.54. The number of pyridine rings is 1. The monoisotopic (exact) mass is 289 g/mol. The molecule has 0 spiro atoms. The predicted molar refractivity (Wildman–Crippen MR) is 73.2 cm³/mol. The molecular weight excluding hydrogens is 278 g/mol. The standard InChI is InChI=1S/C13H12BrN3/c14-10-1-2-12-9(7-10)4-6-17-11(3-5-15)8-16-13(12)17/h1-2,4,6-8H,3,5,15H2. The molecule has 0 atom stereocenters. The van der Waals surface area contributed by atoms with Gasteiger partial charge in [-0.3, -0.25) is 0 Å². The molecule has 0 aliphatic rings. The van der Waals surface area contributed by atoms with Crippen LogP contribution < -0.4 is 5.73 Å². The second kappa shape index (κ2) is 4.13. The molecule has 3 aromatic rings. The molecule has 0 aliphatic carbocycles. The van der Waals surface area contributed by atoms with Crippen LogP contribution in [-0.2, 0) is 6.42 Å². The Balaban J connectivity index is 2.33. The summed E-state index contributed by atoms with van der Waals surface area (Å²) in [6.45, 7) is 0.645. The largest absolute Gasteiger partial charge is 0.330 e. The first-order valence-corrected chi connectivity index (χ1v) is 6.33. The minimum absolute atomic E-state index is 0.645. The molecule has 0 saturated carbocycles. The van der Waals surface area contributed by atoms with Crippen molar-refractivity contribution >= 4 is 32.3 Å². The van der Waals surface area contributed by atoms with Gasteiger partial charge in [-0.25, -0.2) is 4.98 Å². The first kappa shape index (κ1) is 10.7. The van der Waals surface area contributed by atoms with Crippen molar-refractivity contribution in [1.82, 2.24) is 9.38 Å². The number of fused-ring (bicyclic) bond motifs is 3. The molecule has 0 amide bonds. The number of nitrogens with zero attached hydrogens (tertiary/aromatic N) is 2. The molecule has 0 saturated heterocycles. The van der Waals surface area contributed by atoms with E-state index in [1.807, 2.05) is 12.3 Å². The van der Waals surface area contributed by atoms with E-state index in [4.69, 9.17) is 5.73 Å². The fraction of sp³-hybridized carbons (Fsp3) is 0.154. The van der Waals surface area contributed by atoms with Gasteiger partial charge in [0.1, 0.15) is 5.65 Å². The third-order valence-corrected chi connectivity index (χ3v) is 3.42. The number of benzene rings is 1. The maximum Gasteiger partial charge on any atom is 0.144 e. The molecule has 2 N–H and O–H groups in total. The Kier molecular flexibility index (Phi) is 2.61. The highest BCUT2D eigenvalue weighted by atomic mass is 79.9. The van der Waals surface area contributed by atoms with Crippen LogP contribution in [0.3, 0.4) is 0 Å². The lowest BCUT2D eigenvalue weighted by atomic mass is 10.2. The highest BCUT2D eigenvalue weighted by Crippen LogP contribution is 2.23. The second-order valence-corrected chi connectivity index (χ2v) is 4.94. The molecule has 2 heterocycles. The van der Waals surface area contributed by atoms with Gasteiger partial charge in [0.05, 0.1) is 0 Å². The van der Waals surface area contributed by atoms with Gasteiger partial charge in [-0.05, 0) is 36.2 Å². The van der Waals surface area contributed by atoms with Crippen LogP contribution >= 0.6 is 15.9 Å². The van der Waals surface area contributed by atoms with Crippen LogP contribution in [0.15, 0.2) is 41.1 Å². The molecule has 3 rings (SSSR count). The lowest BCUT2D eigenvalue weighted by Crippen LogP contribution is -2.04. The maximum atomic E-state index is 5.60. The molecule has 0 bridgehead atoms. The van der Waals surface area contributed by atoms with Gasteiger partial charge in [0.15, 0.2) is 0 Å². The summed E-state index contributed by atoms with van der Waals surface area (Å²) in [6, 6.07) is 8.34. The number of rotatable bonds is 2. The third-order valence-electron chi connectivity index (χ3n) is 2.93. The molecular formula is C13H12BrN3. The molecule has 17 heavy (non-hydrogen) atoms. The van der Waals surface area contributed by atoms with Crippen molar-refractivity contribution in [2.45, 2.75) is 6.42 Å². The average Bonchev–Trinajstić information content (AvgIpc) is 2.73. The molecule has 0 aliphatic heterocycles. The van der Waals surface area contributed by atoms with Crippen LogP contribution in [0, 0.1) is 0 Å². The van der Waals surface area contributed by atoms with E-state index >= 15 is 0 Å². The first-order chi connectivity index (χ1) is 8.29. The fourth-order valence-electron chi connectivity index (χ4n) is 2.12. The van der Waals surface area contributed by atoms with Gasteiger partial charge in [-0.2, -0.15) is 0 Å². The maximum absolute atomic E-state index is 5.60. The molecule has 0 radical (unpaired) electrons. The molecule has 4 heteroatoms. The van der Waals surface area contributed by atoms with Crippen LogP contribution in [0.2, 0.25) is 0 Å². The molecule has 2 aromatic heterocycles. The summed E-state index contributed by atoms with van der Waals surface area (Å²) in [6.07, 6.45) is 4.81. The van der Waals surface area contributed by atoms with Gasteiger partial charge in [0, 0.05) is 34.4 Å². The molecule has 86 valence electrons. The van der Waals surface area contributed by atoms with Crippen molar-refractivity contribution in [3.8, 4) is 0 Å². The summed E-state index contributed by atoms with van der Waals surface area (Å²) < 4.78 is 3.20.